The number of piperidine rings is 1. The molecule has 1 heterocycles. The fourth-order valence-corrected chi connectivity index (χ4v) is 6.02. The van der Waals surface area contributed by atoms with Crippen molar-refractivity contribution < 1.29 is 8.42 Å². The summed E-state index contributed by atoms with van der Waals surface area (Å²) in [4.78, 5) is 0.536. The molecule has 2 atom stereocenters. The van der Waals surface area contributed by atoms with Gasteiger partial charge in [-0.1, -0.05) is 13.8 Å². The molecule has 0 amide bonds. The van der Waals surface area contributed by atoms with Gasteiger partial charge in [0, 0.05) is 13.1 Å². The minimum Gasteiger partial charge on any atom is -0.207 e. The normalized spacial score (nSPS) is 23.8. The lowest BCUT2D eigenvalue weighted by molar-refractivity contribution is 0.222. The summed E-state index contributed by atoms with van der Waals surface area (Å²) in [6.45, 7) is 15.6. The molecular formula is C18H29NO2S. The van der Waals surface area contributed by atoms with Crippen LogP contribution in [0.2, 0.25) is 0 Å². The molecule has 1 fully saturated rings. The van der Waals surface area contributed by atoms with E-state index in [1.54, 1.807) is 4.31 Å². The molecule has 1 aromatic carbocycles. The molecular weight excluding hydrogens is 294 g/mol. The molecule has 1 saturated heterocycles. The van der Waals surface area contributed by atoms with Gasteiger partial charge in [0.25, 0.3) is 0 Å². The van der Waals surface area contributed by atoms with Crippen LogP contribution in [0.5, 0.6) is 0 Å². The van der Waals surface area contributed by atoms with Gasteiger partial charge in [-0.2, -0.15) is 4.31 Å². The third kappa shape index (κ3) is 2.83. The Kier molecular flexibility index (Phi) is 4.74. The van der Waals surface area contributed by atoms with E-state index in [0.29, 0.717) is 29.8 Å². The van der Waals surface area contributed by atoms with Crippen molar-refractivity contribution in [1.29, 1.82) is 0 Å². The molecule has 22 heavy (non-hydrogen) atoms. The quantitative estimate of drug-likeness (QED) is 0.828. The summed E-state index contributed by atoms with van der Waals surface area (Å²) in [5, 5.41) is 0. The first kappa shape index (κ1) is 17.5. The van der Waals surface area contributed by atoms with Crippen molar-refractivity contribution in [3.8, 4) is 0 Å². The molecule has 0 bridgehead atoms. The van der Waals surface area contributed by atoms with Crippen LogP contribution in [0, 0.1) is 46.5 Å². The summed E-state index contributed by atoms with van der Waals surface area (Å²) in [7, 11) is -3.42. The van der Waals surface area contributed by atoms with Crippen LogP contribution in [0.3, 0.4) is 0 Å². The van der Waals surface area contributed by atoms with Gasteiger partial charge in [0.15, 0.2) is 0 Å². The van der Waals surface area contributed by atoms with E-state index in [1.807, 2.05) is 27.7 Å². The number of nitrogens with zero attached hydrogens (tertiary/aromatic N) is 1. The lowest BCUT2D eigenvalue weighted by atomic mass is 9.93. The highest BCUT2D eigenvalue weighted by Crippen LogP contribution is 2.34. The third-order valence-electron chi connectivity index (χ3n) is 5.36. The number of benzene rings is 1. The Morgan fingerprint density at radius 2 is 1.14 bits per heavy atom. The molecule has 124 valence electrons. The van der Waals surface area contributed by atoms with Crippen molar-refractivity contribution >= 4 is 10.0 Å². The average molecular weight is 324 g/mol. The van der Waals surface area contributed by atoms with Crippen LogP contribution in [0.15, 0.2) is 4.90 Å². The van der Waals surface area contributed by atoms with Gasteiger partial charge < -0.3 is 0 Å². The highest BCUT2D eigenvalue weighted by atomic mass is 32.2. The Hall–Kier alpha value is -0.870. The van der Waals surface area contributed by atoms with Crippen LogP contribution in [0.25, 0.3) is 0 Å². The Morgan fingerprint density at radius 1 is 0.773 bits per heavy atom. The summed E-state index contributed by atoms with van der Waals surface area (Å²) in [5.41, 5.74) is 5.21. The van der Waals surface area contributed by atoms with Crippen molar-refractivity contribution in [3.63, 3.8) is 0 Å². The Balaban J connectivity index is 2.60. The topological polar surface area (TPSA) is 37.4 Å². The largest absolute Gasteiger partial charge is 0.243 e. The first-order chi connectivity index (χ1) is 10.1. The van der Waals surface area contributed by atoms with Crippen molar-refractivity contribution in [2.24, 2.45) is 11.8 Å². The van der Waals surface area contributed by atoms with Crippen molar-refractivity contribution in [2.45, 2.75) is 59.8 Å². The van der Waals surface area contributed by atoms with E-state index >= 15 is 0 Å². The van der Waals surface area contributed by atoms with E-state index in [2.05, 4.69) is 20.8 Å². The fraction of sp³-hybridized carbons (Fsp3) is 0.667. The van der Waals surface area contributed by atoms with Gasteiger partial charge in [0.1, 0.15) is 0 Å². The summed E-state index contributed by atoms with van der Waals surface area (Å²) >= 11 is 0. The smallest absolute Gasteiger partial charge is 0.207 e. The second kappa shape index (κ2) is 5.97. The van der Waals surface area contributed by atoms with Gasteiger partial charge in [-0.15, -0.1) is 0 Å². The van der Waals surface area contributed by atoms with E-state index in [4.69, 9.17) is 0 Å². The molecule has 0 spiro atoms. The minimum atomic E-state index is -3.42. The highest BCUT2D eigenvalue weighted by molar-refractivity contribution is 7.89. The van der Waals surface area contributed by atoms with E-state index in [-0.39, 0.29) is 0 Å². The molecule has 0 aromatic heterocycles. The summed E-state index contributed by atoms with van der Waals surface area (Å²) < 4.78 is 28.2. The number of hydrogen-bond acceptors (Lipinski definition) is 2. The van der Waals surface area contributed by atoms with Crippen LogP contribution in [0.4, 0.5) is 0 Å². The average Bonchev–Trinajstić information content (AvgIpc) is 2.42. The van der Waals surface area contributed by atoms with Gasteiger partial charge in [-0.3, -0.25) is 0 Å². The second-order valence-corrected chi connectivity index (χ2v) is 9.10. The minimum absolute atomic E-state index is 0.423. The van der Waals surface area contributed by atoms with Crippen molar-refractivity contribution in [2.75, 3.05) is 13.1 Å². The molecule has 0 radical (unpaired) electrons. The zero-order valence-corrected chi connectivity index (χ0v) is 15.8. The maximum absolute atomic E-state index is 13.3. The number of sulfonamides is 1. The maximum Gasteiger partial charge on any atom is 0.243 e. The van der Waals surface area contributed by atoms with E-state index in [1.165, 1.54) is 5.56 Å². The van der Waals surface area contributed by atoms with E-state index < -0.39 is 10.0 Å². The van der Waals surface area contributed by atoms with Crippen LogP contribution >= 0.6 is 0 Å². The van der Waals surface area contributed by atoms with Crippen LogP contribution in [-0.2, 0) is 10.0 Å². The highest BCUT2D eigenvalue weighted by Gasteiger charge is 2.34. The molecule has 0 aliphatic carbocycles. The monoisotopic (exact) mass is 323 g/mol. The lowest BCUT2D eigenvalue weighted by Gasteiger charge is -2.35. The molecule has 1 aliphatic heterocycles. The van der Waals surface area contributed by atoms with Gasteiger partial charge >= 0.3 is 0 Å². The molecule has 3 nitrogen and oxygen atoms in total. The van der Waals surface area contributed by atoms with Crippen LogP contribution < -0.4 is 0 Å². The molecule has 0 unspecified atom stereocenters. The summed E-state index contributed by atoms with van der Waals surface area (Å²) in [5.74, 6) is 0.846. The predicted octanol–water partition coefficient (Wildman–Crippen LogP) is 3.90. The molecule has 0 N–H and O–H groups in total. The zero-order chi connectivity index (χ0) is 16.8. The van der Waals surface area contributed by atoms with Crippen LogP contribution in [0.1, 0.15) is 48.1 Å². The molecule has 1 aliphatic rings. The Morgan fingerprint density at radius 3 is 1.55 bits per heavy atom. The Bertz CT molecular complexity index is 653. The van der Waals surface area contributed by atoms with Crippen molar-refractivity contribution in [3.05, 3.63) is 27.8 Å². The van der Waals surface area contributed by atoms with Gasteiger partial charge in [-0.25, -0.2) is 8.42 Å². The number of rotatable bonds is 2. The van der Waals surface area contributed by atoms with Gasteiger partial charge in [0.05, 0.1) is 4.90 Å². The van der Waals surface area contributed by atoms with E-state index in [9.17, 15) is 8.42 Å². The molecule has 0 saturated carbocycles. The first-order valence-corrected chi connectivity index (χ1v) is 9.58. The third-order valence-corrected chi connectivity index (χ3v) is 7.47. The van der Waals surface area contributed by atoms with Gasteiger partial charge in [-0.05, 0) is 80.7 Å². The summed E-state index contributed by atoms with van der Waals surface area (Å²) in [6.07, 6.45) is 1.11. The summed E-state index contributed by atoms with van der Waals surface area (Å²) in [6, 6.07) is 0. The Labute approximate surface area is 135 Å². The van der Waals surface area contributed by atoms with Gasteiger partial charge in [0.2, 0.25) is 10.0 Å². The number of hydrogen-bond donors (Lipinski definition) is 0. The lowest BCUT2D eigenvalue weighted by Crippen LogP contribution is -2.43. The molecule has 4 heteroatoms. The molecule has 2 rings (SSSR count). The SMILES string of the molecule is Cc1c(C)c(C)c(S(=O)(=O)N2C[C@@H](C)C[C@H](C)C2)c(C)c1C. The maximum atomic E-state index is 13.3. The van der Waals surface area contributed by atoms with Crippen molar-refractivity contribution in [1.82, 2.24) is 4.31 Å². The first-order valence-electron chi connectivity index (χ1n) is 8.14. The van der Waals surface area contributed by atoms with Crippen LogP contribution in [-0.4, -0.2) is 25.8 Å². The zero-order valence-electron chi connectivity index (χ0n) is 14.9. The second-order valence-electron chi connectivity index (χ2n) is 7.22. The van der Waals surface area contributed by atoms with E-state index in [0.717, 1.165) is 28.7 Å². The molecule has 1 aromatic rings. The standard InChI is InChI=1S/C18H29NO2S/c1-11-8-12(2)10-19(9-11)22(20,21)18-16(6)14(4)13(3)15(5)17(18)7/h11-12H,8-10H2,1-7H3/t11-,12-/m0/s1. The fourth-order valence-electron chi connectivity index (χ4n) is 3.78. The predicted molar refractivity (Wildman–Crippen MR) is 91.8 cm³/mol.